The molecule has 0 saturated carbocycles. The molecule has 0 aliphatic carbocycles. The van der Waals surface area contributed by atoms with Crippen LogP contribution in [0.15, 0.2) is 36.5 Å². The Balaban J connectivity index is 1.89. The van der Waals surface area contributed by atoms with Gasteiger partial charge in [0.25, 0.3) is 0 Å². The van der Waals surface area contributed by atoms with Crippen molar-refractivity contribution in [2.24, 2.45) is 0 Å². The highest BCUT2D eigenvalue weighted by Crippen LogP contribution is 2.43. The Morgan fingerprint density at radius 3 is 2.71 bits per heavy atom. The van der Waals surface area contributed by atoms with Crippen LogP contribution in [0.4, 0.5) is 10.3 Å². The maximum absolute atomic E-state index is 13.5. The first-order valence-corrected chi connectivity index (χ1v) is 9.68. The highest BCUT2D eigenvalue weighted by Gasteiger charge is 2.34. The summed E-state index contributed by atoms with van der Waals surface area (Å²) in [5.41, 5.74) is 3.15. The van der Waals surface area contributed by atoms with Crippen molar-refractivity contribution in [1.29, 1.82) is 0 Å². The van der Waals surface area contributed by atoms with E-state index < -0.39 is 0 Å². The van der Waals surface area contributed by atoms with Gasteiger partial charge in [-0.05, 0) is 43.2 Å². The van der Waals surface area contributed by atoms with Crippen LogP contribution in [-0.4, -0.2) is 37.8 Å². The molecule has 1 aliphatic rings. The van der Waals surface area contributed by atoms with E-state index in [1.807, 2.05) is 6.07 Å². The second-order valence-corrected chi connectivity index (χ2v) is 7.21. The first-order valence-electron chi connectivity index (χ1n) is 9.68. The van der Waals surface area contributed by atoms with Crippen molar-refractivity contribution in [3.63, 3.8) is 0 Å². The zero-order valence-corrected chi connectivity index (χ0v) is 16.1. The highest BCUT2D eigenvalue weighted by atomic mass is 19.1. The van der Waals surface area contributed by atoms with E-state index >= 15 is 0 Å². The van der Waals surface area contributed by atoms with Crippen LogP contribution in [0.1, 0.15) is 44.5 Å². The maximum Gasteiger partial charge on any atom is 0.223 e. The number of aliphatic hydroxyl groups excluding tert-OH is 1. The molecule has 1 aromatic carbocycles. The van der Waals surface area contributed by atoms with Crippen LogP contribution in [0.3, 0.4) is 0 Å². The highest BCUT2D eigenvalue weighted by molar-refractivity contribution is 5.78. The molecule has 146 valence electrons. The van der Waals surface area contributed by atoms with Gasteiger partial charge >= 0.3 is 0 Å². The van der Waals surface area contributed by atoms with Crippen molar-refractivity contribution in [3.05, 3.63) is 48.2 Å². The monoisotopic (exact) mass is 381 g/mol. The lowest BCUT2D eigenvalue weighted by molar-refractivity contribution is 0.232. The number of fused-ring (bicyclic) bond motifs is 1. The number of hydrogen-bond acceptors (Lipinski definition) is 5. The summed E-state index contributed by atoms with van der Waals surface area (Å²) in [6.45, 7) is 5.02. The van der Waals surface area contributed by atoms with Gasteiger partial charge in [0.15, 0.2) is 0 Å². The molecule has 0 saturated heterocycles. The second kappa shape index (κ2) is 7.67. The number of nitrogens with one attached hydrogen (secondary N) is 1. The van der Waals surface area contributed by atoms with Crippen LogP contribution in [0.2, 0.25) is 0 Å². The summed E-state index contributed by atoms with van der Waals surface area (Å²) >= 11 is 0. The lowest BCUT2D eigenvalue weighted by Gasteiger charge is -2.15. The number of hydrogen-bond donors (Lipinski definition) is 2. The van der Waals surface area contributed by atoms with Crippen LogP contribution in [0.25, 0.3) is 22.6 Å². The molecule has 0 fully saturated rings. The largest absolute Gasteiger partial charge is 0.394 e. The van der Waals surface area contributed by atoms with Gasteiger partial charge in [0, 0.05) is 24.2 Å². The van der Waals surface area contributed by atoms with E-state index in [-0.39, 0.29) is 24.4 Å². The second-order valence-electron chi connectivity index (χ2n) is 7.21. The van der Waals surface area contributed by atoms with E-state index in [9.17, 15) is 9.50 Å². The molecule has 0 spiro atoms. The number of nitrogens with zero attached hydrogens (tertiary/aromatic N) is 4. The smallest absolute Gasteiger partial charge is 0.223 e. The molecule has 7 heteroatoms. The fourth-order valence-corrected chi connectivity index (χ4v) is 3.81. The van der Waals surface area contributed by atoms with Gasteiger partial charge in [-0.3, -0.25) is 0 Å². The van der Waals surface area contributed by atoms with Gasteiger partial charge in [-0.15, -0.1) is 0 Å². The van der Waals surface area contributed by atoms with Gasteiger partial charge in [-0.25, -0.2) is 19.3 Å². The number of imidazole rings is 1. The fraction of sp³-hybridized carbons (Fsp3) is 0.381. The third kappa shape index (κ3) is 3.26. The summed E-state index contributed by atoms with van der Waals surface area (Å²) in [5, 5.41) is 13.2. The quantitative estimate of drug-likeness (QED) is 0.675. The van der Waals surface area contributed by atoms with Crippen molar-refractivity contribution in [2.45, 2.75) is 38.6 Å². The molecule has 0 bridgehead atoms. The lowest BCUT2D eigenvalue weighted by Crippen LogP contribution is -2.11. The van der Waals surface area contributed by atoms with Crippen molar-refractivity contribution in [3.8, 4) is 22.6 Å². The summed E-state index contributed by atoms with van der Waals surface area (Å²) in [6, 6.07) is 8.13. The predicted molar refractivity (Wildman–Crippen MR) is 107 cm³/mol. The van der Waals surface area contributed by atoms with E-state index in [2.05, 4.69) is 33.7 Å². The molecule has 3 heterocycles. The Bertz CT molecular complexity index is 969. The van der Waals surface area contributed by atoms with Crippen molar-refractivity contribution >= 4 is 5.95 Å². The van der Waals surface area contributed by atoms with Crippen molar-refractivity contribution in [2.75, 3.05) is 18.5 Å². The van der Waals surface area contributed by atoms with Gasteiger partial charge < -0.3 is 15.0 Å². The summed E-state index contributed by atoms with van der Waals surface area (Å²) in [5.74, 6) is 1.43. The molecule has 0 unspecified atom stereocenters. The van der Waals surface area contributed by atoms with E-state index in [0.717, 1.165) is 47.9 Å². The molecule has 0 radical (unpaired) electrons. The molecular weight excluding hydrogens is 357 g/mol. The number of aliphatic hydroxyl groups is 1. The van der Waals surface area contributed by atoms with Crippen LogP contribution < -0.4 is 5.32 Å². The molecule has 3 aromatic rings. The van der Waals surface area contributed by atoms with Gasteiger partial charge in [0.05, 0.1) is 29.7 Å². The average molecular weight is 381 g/mol. The van der Waals surface area contributed by atoms with E-state index in [4.69, 9.17) is 4.98 Å². The first-order chi connectivity index (χ1) is 13.6. The van der Waals surface area contributed by atoms with Crippen molar-refractivity contribution in [1.82, 2.24) is 19.5 Å². The molecule has 28 heavy (non-hydrogen) atoms. The zero-order chi connectivity index (χ0) is 19.7. The van der Waals surface area contributed by atoms with Crippen LogP contribution >= 0.6 is 0 Å². The van der Waals surface area contributed by atoms with E-state index in [1.54, 1.807) is 18.3 Å². The molecule has 6 nitrogen and oxygen atoms in total. The lowest BCUT2D eigenvalue weighted by atomic mass is 10.0. The predicted octanol–water partition coefficient (Wildman–Crippen LogP) is 4.01. The third-order valence-corrected chi connectivity index (χ3v) is 5.13. The minimum absolute atomic E-state index is 0.0373. The number of anilines is 1. The van der Waals surface area contributed by atoms with Gasteiger partial charge in [0.2, 0.25) is 5.95 Å². The van der Waals surface area contributed by atoms with E-state index in [0.29, 0.717) is 5.95 Å². The minimum Gasteiger partial charge on any atom is -0.394 e. The Labute approximate surface area is 163 Å². The fourth-order valence-electron chi connectivity index (χ4n) is 3.81. The van der Waals surface area contributed by atoms with Gasteiger partial charge in [0.1, 0.15) is 11.6 Å². The van der Waals surface area contributed by atoms with Crippen LogP contribution in [-0.2, 0) is 0 Å². The normalized spacial score (nSPS) is 18.3. The summed E-state index contributed by atoms with van der Waals surface area (Å²) < 4.78 is 15.5. The molecular formula is C21H24FN5O. The molecule has 1 aliphatic heterocycles. The standard InChI is InChI=1S/C21H24FN5O/c1-3-9-23-21-24-10-8-17(25-21)19-18(14-4-6-15(22)7-5-14)26-20-13(2)11-16(12-28)27(19)20/h4-8,10,13,16,28H,3,9,11-12H2,1-2H3,(H,23,24,25)/t13-,16-/m0/s1. The Morgan fingerprint density at radius 2 is 2.00 bits per heavy atom. The Morgan fingerprint density at radius 1 is 1.21 bits per heavy atom. The topological polar surface area (TPSA) is 75.9 Å². The number of aromatic nitrogens is 4. The van der Waals surface area contributed by atoms with Crippen molar-refractivity contribution < 1.29 is 9.50 Å². The molecule has 2 atom stereocenters. The van der Waals surface area contributed by atoms with Crippen LogP contribution in [0, 0.1) is 5.82 Å². The molecule has 2 N–H and O–H groups in total. The Kier molecular flexibility index (Phi) is 5.09. The minimum atomic E-state index is -0.285. The zero-order valence-electron chi connectivity index (χ0n) is 16.1. The number of halogens is 1. The van der Waals surface area contributed by atoms with Gasteiger partial charge in [-0.1, -0.05) is 13.8 Å². The summed E-state index contributed by atoms with van der Waals surface area (Å²) in [4.78, 5) is 13.9. The molecule has 0 amide bonds. The molecule has 4 rings (SSSR count). The summed E-state index contributed by atoms with van der Waals surface area (Å²) in [7, 11) is 0. The van der Waals surface area contributed by atoms with E-state index in [1.165, 1.54) is 12.1 Å². The number of rotatable bonds is 6. The first kappa shape index (κ1) is 18.6. The maximum atomic E-state index is 13.5. The average Bonchev–Trinajstić information content (AvgIpc) is 3.25. The third-order valence-electron chi connectivity index (χ3n) is 5.13. The SMILES string of the molecule is CCCNc1nccc(-c2c(-c3ccc(F)cc3)nc3n2[C@H](CO)C[C@@H]3C)n1. The summed E-state index contributed by atoms with van der Waals surface area (Å²) in [6.07, 6.45) is 3.53. The van der Waals surface area contributed by atoms with Crippen LogP contribution in [0.5, 0.6) is 0 Å². The van der Waals surface area contributed by atoms with Gasteiger partial charge in [-0.2, -0.15) is 0 Å². The molecule has 2 aromatic heterocycles. The Hall–Kier alpha value is -2.80. The number of benzene rings is 1.